The molecule has 4 heteroatoms. The van der Waals surface area contributed by atoms with E-state index in [1.54, 1.807) is 6.92 Å². The molecule has 0 spiro atoms. The van der Waals surface area contributed by atoms with Crippen LogP contribution in [0.2, 0.25) is 0 Å². The number of hydrogen-bond acceptors (Lipinski definition) is 4. The van der Waals surface area contributed by atoms with E-state index in [-0.39, 0.29) is 18.2 Å². The fraction of sp³-hybridized carbons (Fsp3) is 1.00. The van der Waals surface area contributed by atoms with Crippen LogP contribution in [0.4, 0.5) is 0 Å². The third kappa shape index (κ3) is 1.59. The zero-order valence-electron chi connectivity index (χ0n) is 8.28. The van der Waals surface area contributed by atoms with Crippen molar-refractivity contribution in [2.45, 2.75) is 50.9 Å². The zero-order valence-corrected chi connectivity index (χ0v) is 8.28. The first kappa shape index (κ1) is 9.40. The highest BCUT2D eigenvalue weighted by molar-refractivity contribution is 4.99. The van der Waals surface area contributed by atoms with Crippen LogP contribution >= 0.6 is 0 Å². The van der Waals surface area contributed by atoms with Gasteiger partial charge in [0.25, 0.3) is 0 Å². The highest BCUT2D eigenvalue weighted by Crippen LogP contribution is 2.33. The van der Waals surface area contributed by atoms with Gasteiger partial charge in [0.05, 0.1) is 12.1 Å². The molecule has 0 aromatic carbocycles. The molecule has 2 N–H and O–H groups in total. The number of fused-ring (bicyclic) bond motifs is 1. The minimum Gasteiger partial charge on any atom is -0.392 e. The van der Waals surface area contributed by atoms with E-state index in [0.717, 1.165) is 6.54 Å². The quantitative estimate of drug-likeness (QED) is 0.600. The Bertz CT molecular complexity index is 205. The molecule has 2 rings (SSSR count). The molecule has 0 aromatic rings. The van der Waals surface area contributed by atoms with Gasteiger partial charge in [0, 0.05) is 6.54 Å². The van der Waals surface area contributed by atoms with Crippen LogP contribution < -0.4 is 5.32 Å². The highest BCUT2D eigenvalue weighted by atomic mass is 16.8. The van der Waals surface area contributed by atoms with E-state index in [1.165, 1.54) is 0 Å². The Morgan fingerprint density at radius 3 is 2.77 bits per heavy atom. The zero-order chi connectivity index (χ0) is 9.64. The van der Waals surface area contributed by atoms with Gasteiger partial charge in [-0.2, -0.15) is 0 Å². The van der Waals surface area contributed by atoms with Crippen LogP contribution in [-0.4, -0.2) is 41.8 Å². The molecule has 4 atom stereocenters. The summed E-state index contributed by atoms with van der Waals surface area (Å²) in [6, 6.07) is 0.00627. The van der Waals surface area contributed by atoms with Crippen molar-refractivity contribution in [3.63, 3.8) is 0 Å². The molecule has 0 bridgehead atoms. The van der Waals surface area contributed by atoms with Gasteiger partial charge < -0.3 is 19.9 Å². The van der Waals surface area contributed by atoms with Gasteiger partial charge in [-0.05, 0) is 20.8 Å². The summed E-state index contributed by atoms with van der Waals surface area (Å²) in [7, 11) is 0. The predicted molar refractivity (Wildman–Crippen MR) is 47.3 cm³/mol. The van der Waals surface area contributed by atoms with Crippen LogP contribution in [0.5, 0.6) is 0 Å². The van der Waals surface area contributed by atoms with Crippen molar-refractivity contribution in [2.75, 3.05) is 6.54 Å². The normalized spacial score (nSPS) is 44.8. The summed E-state index contributed by atoms with van der Waals surface area (Å²) in [6.45, 7) is 6.35. The Kier molecular flexibility index (Phi) is 2.11. The Balaban J connectivity index is 2.08. The van der Waals surface area contributed by atoms with E-state index < -0.39 is 11.9 Å². The molecule has 0 aliphatic carbocycles. The van der Waals surface area contributed by atoms with Crippen molar-refractivity contribution in [2.24, 2.45) is 0 Å². The second-order valence-electron chi connectivity index (χ2n) is 4.31. The average molecular weight is 187 g/mol. The van der Waals surface area contributed by atoms with Gasteiger partial charge in [0.2, 0.25) is 0 Å². The van der Waals surface area contributed by atoms with Crippen LogP contribution in [0.25, 0.3) is 0 Å². The topological polar surface area (TPSA) is 50.7 Å². The first-order valence-corrected chi connectivity index (χ1v) is 4.77. The van der Waals surface area contributed by atoms with Crippen LogP contribution in [-0.2, 0) is 9.47 Å². The summed E-state index contributed by atoms with van der Waals surface area (Å²) < 4.78 is 11.4. The lowest BCUT2D eigenvalue weighted by Gasteiger charge is -2.23. The molecule has 2 heterocycles. The van der Waals surface area contributed by atoms with Gasteiger partial charge in [0.1, 0.15) is 12.2 Å². The van der Waals surface area contributed by atoms with Crippen molar-refractivity contribution < 1.29 is 14.6 Å². The monoisotopic (exact) mass is 187 g/mol. The van der Waals surface area contributed by atoms with Crippen LogP contribution in [0, 0.1) is 0 Å². The summed E-state index contributed by atoms with van der Waals surface area (Å²) in [6.07, 6.45) is -0.308. The molecular formula is C9H17NO3. The van der Waals surface area contributed by atoms with Crippen LogP contribution in [0.15, 0.2) is 0 Å². The summed E-state index contributed by atoms with van der Waals surface area (Å²) in [5.74, 6) is -0.495. The lowest BCUT2D eigenvalue weighted by molar-refractivity contribution is -0.155. The number of aliphatic hydroxyl groups is 1. The van der Waals surface area contributed by atoms with E-state index in [9.17, 15) is 5.11 Å². The maximum atomic E-state index is 9.47. The van der Waals surface area contributed by atoms with Crippen molar-refractivity contribution in [1.29, 1.82) is 0 Å². The molecule has 0 amide bonds. The van der Waals surface area contributed by atoms with E-state index in [2.05, 4.69) is 5.32 Å². The van der Waals surface area contributed by atoms with E-state index in [1.807, 2.05) is 13.8 Å². The molecule has 13 heavy (non-hydrogen) atoms. The fourth-order valence-electron chi connectivity index (χ4n) is 2.14. The smallest absolute Gasteiger partial charge is 0.163 e. The first-order valence-electron chi connectivity index (χ1n) is 4.77. The Labute approximate surface area is 78.2 Å². The number of aliphatic hydroxyl groups excluding tert-OH is 1. The highest BCUT2D eigenvalue weighted by Gasteiger charge is 2.50. The Morgan fingerprint density at radius 2 is 2.15 bits per heavy atom. The third-order valence-electron chi connectivity index (χ3n) is 2.65. The molecule has 2 fully saturated rings. The Hall–Kier alpha value is -0.160. The maximum Gasteiger partial charge on any atom is 0.163 e. The van der Waals surface area contributed by atoms with E-state index in [0.29, 0.717) is 0 Å². The van der Waals surface area contributed by atoms with Gasteiger partial charge in [-0.25, -0.2) is 0 Å². The molecule has 0 aromatic heterocycles. The summed E-state index contributed by atoms with van der Waals surface area (Å²) in [5, 5.41) is 12.7. The van der Waals surface area contributed by atoms with Gasteiger partial charge in [0.15, 0.2) is 5.79 Å². The van der Waals surface area contributed by atoms with Gasteiger partial charge in [-0.15, -0.1) is 0 Å². The Morgan fingerprint density at radius 1 is 1.46 bits per heavy atom. The van der Waals surface area contributed by atoms with Crippen molar-refractivity contribution in [3.05, 3.63) is 0 Å². The SMILES string of the molecule is CC(O)C1NCC2OC(C)(C)OC21. The van der Waals surface area contributed by atoms with Gasteiger partial charge in [-0.3, -0.25) is 0 Å². The number of hydrogen-bond donors (Lipinski definition) is 2. The minimum atomic E-state index is -0.495. The predicted octanol–water partition coefficient (Wildman–Crippen LogP) is -0.141. The molecular weight excluding hydrogens is 170 g/mol. The van der Waals surface area contributed by atoms with Gasteiger partial charge >= 0.3 is 0 Å². The van der Waals surface area contributed by atoms with Crippen LogP contribution in [0.1, 0.15) is 20.8 Å². The van der Waals surface area contributed by atoms with E-state index >= 15 is 0 Å². The molecule has 2 saturated heterocycles. The second kappa shape index (κ2) is 2.92. The number of nitrogens with one attached hydrogen (secondary N) is 1. The second-order valence-corrected chi connectivity index (χ2v) is 4.31. The molecule has 2 aliphatic heterocycles. The lowest BCUT2D eigenvalue weighted by atomic mass is 10.1. The summed E-state index contributed by atoms with van der Waals surface area (Å²) in [5.41, 5.74) is 0. The lowest BCUT2D eigenvalue weighted by Crippen LogP contribution is -2.42. The number of rotatable bonds is 1. The average Bonchev–Trinajstić information content (AvgIpc) is 2.41. The van der Waals surface area contributed by atoms with Crippen molar-refractivity contribution >= 4 is 0 Å². The first-order chi connectivity index (χ1) is 5.99. The summed E-state index contributed by atoms with van der Waals surface area (Å²) in [4.78, 5) is 0. The fourth-order valence-corrected chi connectivity index (χ4v) is 2.14. The molecule has 0 saturated carbocycles. The van der Waals surface area contributed by atoms with Crippen molar-refractivity contribution in [1.82, 2.24) is 5.32 Å². The maximum absolute atomic E-state index is 9.47. The molecule has 4 nitrogen and oxygen atoms in total. The molecule has 4 unspecified atom stereocenters. The largest absolute Gasteiger partial charge is 0.392 e. The standard InChI is InChI=1S/C9H17NO3/c1-5(11)7-8-6(4-10-7)12-9(2,3)13-8/h5-8,10-11H,4H2,1-3H3. The molecule has 2 aliphatic rings. The molecule has 0 radical (unpaired) electrons. The molecule has 76 valence electrons. The minimum absolute atomic E-state index is 0.00463. The summed E-state index contributed by atoms with van der Waals surface area (Å²) >= 11 is 0. The number of ether oxygens (including phenoxy) is 2. The third-order valence-corrected chi connectivity index (χ3v) is 2.65. The van der Waals surface area contributed by atoms with Gasteiger partial charge in [-0.1, -0.05) is 0 Å². The van der Waals surface area contributed by atoms with Crippen LogP contribution in [0.3, 0.4) is 0 Å². The van der Waals surface area contributed by atoms with Crippen molar-refractivity contribution in [3.8, 4) is 0 Å². The van der Waals surface area contributed by atoms with E-state index in [4.69, 9.17) is 9.47 Å².